The van der Waals surface area contributed by atoms with E-state index in [0.29, 0.717) is 29.7 Å². The third-order valence-electron chi connectivity index (χ3n) is 6.99. The van der Waals surface area contributed by atoms with Gasteiger partial charge in [0.2, 0.25) is 14.2 Å². The van der Waals surface area contributed by atoms with Crippen molar-refractivity contribution in [3.05, 3.63) is 60.2 Å². The molecule has 1 aromatic rings. The molecule has 1 rings (SSSR count). The van der Waals surface area contributed by atoms with Gasteiger partial charge in [0.15, 0.2) is 0 Å². The highest BCUT2D eigenvalue weighted by molar-refractivity contribution is 6.77. The van der Waals surface area contributed by atoms with Crippen LogP contribution in [-0.4, -0.2) is 43.9 Å². The topological polar surface area (TPSA) is 49.8 Å². The van der Waals surface area contributed by atoms with Crippen LogP contribution in [0.25, 0.3) is 0 Å². The Balaban J connectivity index is 2.57. The molecule has 0 spiro atoms. The summed E-state index contributed by atoms with van der Waals surface area (Å²) in [7, 11) is -0.0634. The number of aliphatic hydroxyl groups is 1. The van der Waals surface area contributed by atoms with E-state index >= 15 is 0 Å². The second-order valence-electron chi connectivity index (χ2n) is 10.2. The van der Waals surface area contributed by atoms with Gasteiger partial charge in [0, 0.05) is 13.0 Å². The molecule has 0 heterocycles. The van der Waals surface area contributed by atoms with E-state index < -0.39 is 14.4 Å². The number of rotatable bonds is 13. The normalized spacial score (nSPS) is 15.7. The quantitative estimate of drug-likeness (QED) is 0.250. The summed E-state index contributed by atoms with van der Waals surface area (Å²) < 4.78 is 6.53. The van der Waals surface area contributed by atoms with E-state index in [1.807, 2.05) is 62.4 Å². The minimum absolute atomic E-state index is 0.0380. The van der Waals surface area contributed by atoms with Gasteiger partial charge in [0.05, 0.1) is 18.8 Å². The van der Waals surface area contributed by atoms with Crippen molar-refractivity contribution < 1.29 is 14.3 Å². The van der Waals surface area contributed by atoms with Gasteiger partial charge in [-0.05, 0) is 35.5 Å². The molecule has 5 heteroatoms. The molecule has 1 N–H and O–H groups in total. The van der Waals surface area contributed by atoms with Gasteiger partial charge in [-0.2, -0.15) is 0 Å². The van der Waals surface area contributed by atoms with Crippen molar-refractivity contribution in [1.29, 1.82) is 0 Å². The zero-order valence-electron chi connectivity index (χ0n) is 22.3. The van der Waals surface area contributed by atoms with Crippen LogP contribution in [0.1, 0.15) is 73.5 Å². The molecule has 0 bridgehead atoms. The van der Waals surface area contributed by atoms with Crippen LogP contribution in [-0.2, 0) is 9.22 Å². The molecule has 0 aliphatic heterocycles. The minimum Gasteiger partial charge on any atom is -0.412 e. The summed E-state index contributed by atoms with van der Waals surface area (Å²) in [6.45, 7) is 18.2. The van der Waals surface area contributed by atoms with Crippen LogP contribution in [0, 0.1) is 5.92 Å². The molecule has 0 aliphatic carbocycles. The lowest BCUT2D eigenvalue weighted by Crippen LogP contribution is -2.47. The monoisotopic (exact) mass is 473 g/mol. The molecule has 0 unspecified atom stereocenters. The third kappa shape index (κ3) is 7.94. The fraction of sp³-hybridized carbons (Fsp3) is 0.607. The van der Waals surface area contributed by atoms with Crippen LogP contribution in [0.15, 0.2) is 54.6 Å². The van der Waals surface area contributed by atoms with Gasteiger partial charge >= 0.3 is 0 Å². The van der Waals surface area contributed by atoms with Crippen molar-refractivity contribution in [2.45, 2.75) is 90.6 Å². The van der Waals surface area contributed by atoms with E-state index in [9.17, 15) is 9.90 Å². The Morgan fingerprint density at radius 1 is 0.939 bits per heavy atom. The summed E-state index contributed by atoms with van der Waals surface area (Å²) in [5.74, 6) is -0.111. The molecule has 186 valence electrons. The number of nitrogens with zero attached hydrogens (tertiary/aromatic N) is 1. The SMILES string of the molecule is CC(C)[Si](OC/C=C/C=C/C[C@H](C)C(=O)N(C)[C@@H](C)[C@@H](O)c1ccccc1)(C(C)C)C(C)C. The summed E-state index contributed by atoms with van der Waals surface area (Å²) >= 11 is 0. The Labute approximate surface area is 203 Å². The Bertz CT molecular complexity index is 736. The van der Waals surface area contributed by atoms with Gasteiger partial charge in [-0.1, -0.05) is 103 Å². The number of hydrogen-bond donors (Lipinski definition) is 1. The van der Waals surface area contributed by atoms with Crippen molar-refractivity contribution in [2.24, 2.45) is 5.92 Å². The highest BCUT2D eigenvalue weighted by atomic mass is 28.4. The number of carbonyl (C=O) groups is 1. The van der Waals surface area contributed by atoms with E-state index in [2.05, 4.69) is 47.6 Å². The first-order valence-corrected chi connectivity index (χ1v) is 14.6. The lowest BCUT2D eigenvalue weighted by molar-refractivity contribution is -0.137. The second-order valence-corrected chi connectivity index (χ2v) is 15.6. The van der Waals surface area contributed by atoms with Crippen molar-refractivity contribution in [3.8, 4) is 0 Å². The maximum Gasteiger partial charge on any atom is 0.225 e. The maximum absolute atomic E-state index is 12.8. The molecular weight excluding hydrogens is 426 g/mol. The zero-order valence-corrected chi connectivity index (χ0v) is 23.3. The number of likely N-dealkylation sites (N-methyl/N-ethyl adjacent to an activating group) is 1. The highest BCUT2D eigenvalue weighted by Gasteiger charge is 2.44. The van der Waals surface area contributed by atoms with E-state index in [1.54, 1.807) is 11.9 Å². The Hall–Kier alpha value is -1.69. The Kier molecular flexibility index (Phi) is 12.3. The van der Waals surface area contributed by atoms with Crippen molar-refractivity contribution in [3.63, 3.8) is 0 Å². The van der Waals surface area contributed by atoms with Crippen LogP contribution in [0.5, 0.6) is 0 Å². The number of carbonyl (C=O) groups excluding carboxylic acids is 1. The largest absolute Gasteiger partial charge is 0.412 e. The van der Waals surface area contributed by atoms with E-state index in [-0.39, 0.29) is 17.9 Å². The molecule has 1 aromatic carbocycles. The van der Waals surface area contributed by atoms with Crippen molar-refractivity contribution in [1.82, 2.24) is 4.90 Å². The molecule has 0 saturated heterocycles. The third-order valence-corrected chi connectivity index (χ3v) is 13.1. The minimum atomic E-state index is -1.83. The van der Waals surface area contributed by atoms with Gasteiger partial charge in [0.25, 0.3) is 0 Å². The molecule has 0 aromatic heterocycles. The number of hydrogen-bond acceptors (Lipinski definition) is 3. The molecule has 0 fully saturated rings. The standard InChI is InChI=1S/C28H47NO3Si/c1-21(2)33(22(3)4,23(5)6)32-20-16-11-10-13-17-24(7)28(31)29(9)25(8)27(30)26-18-14-12-15-19-26/h10-16,18-19,21-25,27,30H,17,20H2,1-9H3/b13-10+,16-11+/t24-,25-,27+/m0/s1. The zero-order chi connectivity index (χ0) is 25.2. The average Bonchev–Trinajstić information content (AvgIpc) is 2.78. The molecule has 33 heavy (non-hydrogen) atoms. The summed E-state index contributed by atoms with van der Waals surface area (Å²) in [5, 5.41) is 10.6. The van der Waals surface area contributed by atoms with Gasteiger partial charge in [-0.3, -0.25) is 4.79 Å². The highest BCUT2D eigenvalue weighted by Crippen LogP contribution is 2.42. The average molecular weight is 474 g/mol. The van der Waals surface area contributed by atoms with Crippen LogP contribution in [0.3, 0.4) is 0 Å². The molecule has 1 amide bonds. The Morgan fingerprint density at radius 3 is 1.97 bits per heavy atom. The smallest absolute Gasteiger partial charge is 0.225 e. The molecule has 0 saturated carbocycles. The first-order chi connectivity index (χ1) is 15.5. The van der Waals surface area contributed by atoms with E-state index in [1.165, 1.54) is 0 Å². The number of allylic oxidation sites excluding steroid dienone is 3. The van der Waals surface area contributed by atoms with E-state index in [0.717, 1.165) is 5.56 Å². The van der Waals surface area contributed by atoms with Crippen LogP contribution in [0.4, 0.5) is 0 Å². The molecule has 0 radical (unpaired) electrons. The number of amides is 1. The molecular formula is C28H47NO3Si. The summed E-state index contributed by atoms with van der Waals surface area (Å²) in [4.78, 5) is 14.5. The first-order valence-electron chi connectivity index (χ1n) is 12.4. The second kappa shape index (κ2) is 13.9. The summed E-state index contributed by atoms with van der Waals surface area (Å²) in [6.07, 6.45) is 8.07. The predicted octanol–water partition coefficient (Wildman–Crippen LogP) is 6.90. The van der Waals surface area contributed by atoms with Crippen molar-refractivity contribution in [2.75, 3.05) is 13.7 Å². The molecule has 3 atom stereocenters. The molecule has 4 nitrogen and oxygen atoms in total. The predicted molar refractivity (Wildman–Crippen MR) is 143 cm³/mol. The van der Waals surface area contributed by atoms with Crippen LogP contribution < -0.4 is 0 Å². The fourth-order valence-electron chi connectivity index (χ4n) is 4.98. The van der Waals surface area contributed by atoms with Gasteiger partial charge in [0.1, 0.15) is 0 Å². The van der Waals surface area contributed by atoms with Crippen LogP contribution >= 0.6 is 0 Å². The fourth-order valence-corrected chi connectivity index (χ4v) is 10.4. The van der Waals surface area contributed by atoms with Crippen molar-refractivity contribution >= 4 is 14.2 Å². The van der Waals surface area contributed by atoms with Crippen LogP contribution in [0.2, 0.25) is 16.6 Å². The number of benzene rings is 1. The molecule has 0 aliphatic rings. The van der Waals surface area contributed by atoms with Gasteiger partial charge < -0.3 is 14.4 Å². The lowest BCUT2D eigenvalue weighted by Gasteiger charge is -2.41. The van der Waals surface area contributed by atoms with E-state index in [4.69, 9.17) is 4.43 Å². The maximum atomic E-state index is 12.8. The number of aliphatic hydroxyl groups excluding tert-OH is 1. The summed E-state index contributed by atoms with van der Waals surface area (Å²) in [5.41, 5.74) is 2.55. The summed E-state index contributed by atoms with van der Waals surface area (Å²) in [6, 6.07) is 9.19. The van der Waals surface area contributed by atoms with Gasteiger partial charge in [-0.15, -0.1) is 0 Å². The lowest BCUT2D eigenvalue weighted by atomic mass is 10.00. The Morgan fingerprint density at radius 2 is 1.45 bits per heavy atom. The first kappa shape index (κ1) is 29.3. The van der Waals surface area contributed by atoms with Gasteiger partial charge in [-0.25, -0.2) is 0 Å².